The predicted octanol–water partition coefficient (Wildman–Crippen LogP) is 1.64. The zero-order valence-corrected chi connectivity index (χ0v) is 13.3. The molecule has 0 spiro atoms. The van der Waals surface area contributed by atoms with Crippen LogP contribution in [0.1, 0.15) is 36.5 Å². The van der Waals surface area contributed by atoms with Crippen molar-refractivity contribution in [3.8, 4) is 0 Å². The second-order valence-electron chi connectivity index (χ2n) is 5.79. The summed E-state index contributed by atoms with van der Waals surface area (Å²) in [6.45, 7) is 9.73. The van der Waals surface area contributed by atoms with Crippen LogP contribution in [-0.4, -0.2) is 51.3 Å². The summed E-state index contributed by atoms with van der Waals surface area (Å²) in [6, 6.07) is 2.01. The van der Waals surface area contributed by atoms with Crippen molar-refractivity contribution in [3.05, 3.63) is 29.2 Å². The van der Waals surface area contributed by atoms with Crippen LogP contribution in [0.5, 0.6) is 0 Å². The molecule has 7 heteroatoms. The molecule has 3 heterocycles. The van der Waals surface area contributed by atoms with E-state index in [0.717, 1.165) is 69.4 Å². The van der Waals surface area contributed by atoms with Crippen molar-refractivity contribution < 1.29 is 9.05 Å². The minimum Gasteiger partial charge on any atom is -0.361 e. The van der Waals surface area contributed by atoms with Gasteiger partial charge in [0.25, 0.3) is 0 Å². The maximum Gasteiger partial charge on any atom is 0.226 e. The number of nitrogens with zero attached hydrogens (tertiary/aromatic N) is 5. The standard InChI is InChI=1S/C15H23N5O2/c1-3-15-16-14(18-22-15)11-20-6-4-5-19(7-8-20)10-13-9-12(2)21-17-13/h9H,3-8,10-11H2,1-2H3. The molecule has 120 valence electrons. The topological polar surface area (TPSA) is 71.4 Å². The van der Waals surface area contributed by atoms with E-state index >= 15 is 0 Å². The molecule has 1 aliphatic rings. The Kier molecular flexibility index (Phi) is 4.84. The third kappa shape index (κ3) is 3.92. The van der Waals surface area contributed by atoms with Gasteiger partial charge in [-0.15, -0.1) is 0 Å². The molecule has 0 aromatic carbocycles. The van der Waals surface area contributed by atoms with Gasteiger partial charge >= 0.3 is 0 Å². The highest BCUT2D eigenvalue weighted by molar-refractivity contribution is 5.03. The molecule has 0 amide bonds. The van der Waals surface area contributed by atoms with Gasteiger partial charge in [-0.25, -0.2) is 0 Å². The first-order chi connectivity index (χ1) is 10.7. The minimum atomic E-state index is 0.716. The third-order valence-electron chi connectivity index (χ3n) is 3.92. The highest BCUT2D eigenvalue weighted by Gasteiger charge is 2.18. The molecule has 0 N–H and O–H groups in total. The van der Waals surface area contributed by atoms with Gasteiger partial charge in [0.15, 0.2) is 5.82 Å². The zero-order valence-electron chi connectivity index (χ0n) is 13.3. The molecule has 1 fully saturated rings. The van der Waals surface area contributed by atoms with E-state index in [1.165, 1.54) is 0 Å². The molecule has 2 aromatic heterocycles. The van der Waals surface area contributed by atoms with Crippen LogP contribution < -0.4 is 0 Å². The summed E-state index contributed by atoms with van der Waals surface area (Å²) in [5, 5.41) is 8.11. The van der Waals surface area contributed by atoms with E-state index in [9.17, 15) is 0 Å². The van der Waals surface area contributed by atoms with Crippen LogP contribution in [0.2, 0.25) is 0 Å². The first-order valence-electron chi connectivity index (χ1n) is 7.91. The number of rotatable bonds is 5. The summed E-state index contributed by atoms with van der Waals surface area (Å²) in [4.78, 5) is 9.20. The Morgan fingerprint density at radius 2 is 1.82 bits per heavy atom. The molecule has 7 nitrogen and oxygen atoms in total. The highest BCUT2D eigenvalue weighted by atomic mass is 16.5. The third-order valence-corrected chi connectivity index (χ3v) is 3.92. The number of hydrogen-bond donors (Lipinski definition) is 0. The lowest BCUT2D eigenvalue weighted by Gasteiger charge is -2.19. The molecule has 0 bridgehead atoms. The van der Waals surface area contributed by atoms with E-state index in [1.54, 1.807) is 0 Å². The Balaban J connectivity index is 1.51. The van der Waals surface area contributed by atoms with Gasteiger partial charge in [0.05, 0.1) is 12.2 Å². The van der Waals surface area contributed by atoms with Crippen LogP contribution in [0.15, 0.2) is 15.1 Å². The number of hydrogen-bond acceptors (Lipinski definition) is 7. The number of aromatic nitrogens is 3. The molecule has 3 rings (SSSR count). The second kappa shape index (κ2) is 7.02. The monoisotopic (exact) mass is 305 g/mol. The molecule has 0 atom stereocenters. The molecular formula is C15H23N5O2. The molecule has 0 aliphatic carbocycles. The van der Waals surface area contributed by atoms with Gasteiger partial charge in [0, 0.05) is 32.1 Å². The Morgan fingerprint density at radius 1 is 1.05 bits per heavy atom. The van der Waals surface area contributed by atoms with Crippen LogP contribution in [0, 0.1) is 6.92 Å². The second-order valence-corrected chi connectivity index (χ2v) is 5.79. The van der Waals surface area contributed by atoms with Crippen molar-refractivity contribution in [2.75, 3.05) is 26.2 Å². The minimum absolute atomic E-state index is 0.716. The van der Waals surface area contributed by atoms with Gasteiger partial charge < -0.3 is 9.05 Å². The lowest BCUT2D eigenvalue weighted by molar-refractivity contribution is 0.237. The summed E-state index contributed by atoms with van der Waals surface area (Å²) in [7, 11) is 0. The quantitative estimate of drug-likeness (QED) is 0.831. The van der Waals surface area contributed by atoms with E-state index in [-0.39, 0.29) is 0 Å². The van der Waals surface area contributed by atoms with Crippen LogP contribution in [0.4, 0.5) is 0 Å². The SMILES string of the molecule is CCc1nc(CN2CCCN(Cc3cc(C)on3)CC2)no1. The smallest absolute Gasteiger partial charge is 0.226 e. The first kappa shape index (κ1) is 15.2. The molecule has 0 saturated carbocycles. The van der Waals surface area contributed by atoms with E-state index in [4.69, 9.17) is 9.05 Å². The van der Waals surface area contributed by atoms with Crippen molar-refractivity contribution >= 4 is 0 Å². The fourth-order valence-corrected chi connectivity index (χ4v) is 2.76. The van der Waals surface area contributed by atoms with Gasteiger partial charge in [-0.2, -0.15) is 4.98 Å². The Bertz CT molecular complexity index is 594. The average molecular weight is 305 g/mol. The van der Waals surface area contributed by atoms with Gasteiger partial charge in [-0.1, -0.05) is 17.2 Å². The lowest BCUT2D eigenvalue weighted by atomic mass is 10.3. The average Bonchev–Trinajstić information content (AvgIpc) is 3.06. The van der Waals surface area contributed by atoms with Crippen molar-refractivity contribution in [2.45, 2.75) is 39.8 Å². The van der Waals surface area contributed by atoms with Crippen LogP contribution >= 0.6 is 0 Å². The van der Waals surface area contributed by atoms with Gasteiger partial charge in [0.2, 0.25) is 5.89 Å². The van der Waals surface area contributed by atoms with Crippen LogP contribution in [0.3, 0.4) is 0 Å². The largest absolute Gasteiger partial charge is 0.361 e. The van der Waals surface area contributed by atoms with E-state index in [2.05, 4.69) is 25.1 Å². The first-order valence-corrected chi connectivity index (χ1v) is 7.91. The summed E-state index contributed by atoms with van der Waals surface area (Å²) in [5.41, 5.74) is 1.01. The van der Waals surface area contributed by atoms with Crippen LogP contribution in [-0.2, 0) is 19.5 Å². The maximum absolute atomic E-state index is 5.17. The Hall–Kier alpha value is -1.73. The molecule has 0 unspecified atom stereocenters. The van der Waals surface area contributed by atoms with Gasteiger partial charge in [0.1, 0.15) is 5.76 Å². The van der Waals surface area contributed by atoms with Crippen molar-refractivity contribution in [1.29, 1.82) is 0 Å². The number of aryl methyl sites for hydroxylation is 2. The molecular weight excluding hydrogens is 282 g/mol. The normalized spacial score (nSPS) is 17.7. The summed E-state index contributed by atoms with van der Waals surface area (Å²) >= 11 is 0. The predicted molar refractivity (Wildman–Crippen MR) is 80.1 cm³/mol. The molecule has 1 saturated heterocycles. The summed E-state index contributed by atoms with van der Waals surface area (Å²) in [5.74, 6) is 2.38. The maximum atomic E-state index is 5.17. The Morgan fingerprint density at radius 3 is 2.45 bits per heavy atom. The summed E-state index contributed by atoms with van der Waals surface area (Å²) < 4.78 is 10.3. The van der Waals surface area contributed by atoms with Crippen molar-refractivity contribution in [3.63, 3.8) is 0 Å². The molecule has 1 aliphatic heterocycles. The van der Waals surface area contributed by atoms with E-state index < -0.39 is 0 Å². The van der Waals surface area contributed by atoms with E-state index in [1.807, 2.05) is 19.9 Å². The highest BCUT2D eigenvalue weighted by Crippen LogP contribution is 2.11. The van der Waals surface area contributed by atoms with Crippen LogP contribution in [0.25, 0.3) is 0 Å². The molecule has 2 aromatic rings. The molecule has 22 heavy (non-hydrogen) atoms. The fraction of sp³-hybridized carbons (Fsp3) is 0.667. The Labute approximate surface area is 130 Å². The summed E-state index contributed by atoms with van der Waals surface area (Å²) in [6.07, 6.45) is 1.92. The fourth-order valence-electron chi connectivity index (χ4n) is 2.76. The molecule has 0 radical (unpaired) electrons. The zero-order chi connectivity index (χ0) is 15.4. The van der Waals surface area contributed by atoms with Crippen molar-refractivity contribution in [2.24, 2.45) is 0 Å². The van der Waals surface area contributed by atoms with Gasteiger partial charge in [-0.3, -0.25) is 9.80 Å². The van der Waals surface area contributed by atoms with E-state index in [0.29, 0.717) is 5.89 Å². The van der Waals surface area contributed by atoms with Crippen molar-refractivity contribution in [1.82, 2.24) is 25.1 Å². The van der Waals surface area contributed by atoms with Gasteiger partial charge in [-0.05, 0) is 26.4 Å². The lowest BCUT2D eigenvalue weighted by Crippen LogP contribution is -2.30.